The lowest BCUT2D eigenvalue weighted by atomic mass is 9.97. The van der Waals surface area contributed by atoms with E-state index in [9.17, 15) is 18.0 Å². The monoisotopic (exact) mass is 273 g/mol. The summed E-state index contributed by atoms with van der Waals surface area (Å²) in [5.74, 6) is -1.69. The highest BCUT2D eigenvalue weighted by atomic mass is 19.4. The molecule has 1 saturated heterocycles. The number of halogens is 3. The van der Waals surface area contributed by atoms with E-state index in [-0.39, 0.29) is 24.3 Å². The lowest BCUT2D eigenvalue weighted by Crippen LogP contribution is -2.44. The van der Waals surface area contributed by atoms with Crippen LogP contribution in [-0.2, 0) is 0 Å². The zero-order valence-electron chi connectivity index (χ0n) is 10.2. The van der Waals surface area contributed by atoms with E-state index in [1.807, 2.05) is 0 Å². The third-order valence-electron chi connectivity index (χ3n) is 3.20. The van der Waals surface area contributed by atoms with Crippen molar-refractivity contribution in [3.63, 3.8) is 0 Å². The number of likely N-dealkylation sites (tertiary alicyclic amines) is 1. The van der Waals surface area contributed by atoms with Gasteiger partial charge in [-0.25, -0.2) is 4.98 Å². The Kier molecular flexibility index (Phi) is 3.64. The number of amides is 1. The van der Waals surface area contributed by atoms with E-state index in [0.717, 1.165) is 0 Å². The first-order chi connectivity index (χ1) is 8.88. The van der Waals surface area contributed by atoms with Crippen molar-refractivity contribution >= 4 is 11.7 Å². The van der Waals surface area contributed by atoms with Crippen LogP contribution in [0.25, 0.3) is 0 Å². The molecule has 2 rings (SSSR count). The number of pyridine rings is 1. The molecule has 0 spiro atoms. The predicted molar refractivity (Wildman–Crippen MR) is 63.3 cm³/mol. The molecule has 2 N–H and O–H groups in total. The van der Waals surface area contributed by atoms with E-state index in [1.54, 1.807) is 0 Å². The summed E-state index contributed by atoms with van der Waals surface area (Å²) in [5, 5.41) is 0. The molecular formula is C12H14F3N3O. The van der Waals surface area contributed by atoms with E-state index in [4.69, 9.17) is 5.73 Å². The second-order valence-electron chi connectivity index (χ2n) is 4.60. The first kappa shape index (κ1) is 13.6. The molecule has 0 aromatic carbocycles. The van der Waals surface area contributed by atoms with Gasteiger partial charge in [-0.3, -0.25) is 4.79 Å². The molecular weight excluding hydrogens is 259 g/mol. The average Bonchev–Trinajstić information content (AvgIpc) is 2.37. The van der Waals surface area contributed by atoms with Crippen LogP contribution in [0.5, 0.6) is 0 Å². The Hall–Kier alpha value is -1.79. The third-order valence-corrected chi connectivity index (χ3v) is 3.20. The third kappa shape index (κ3) is 3.15. The van der Waals surface area contributed by atoms with E-state index in [0.29, 0.717) is 13.0 Å². The van der Waals surface area contributed by atoms with Crippen molar-refractivity contribution in [2.45, 2.75) is 19.0 Å². The van der Waals surface area contributed by atoms with Crippen LogP contribution in [0.2, 0.25) is 0 Å². The van der Waals surface area contributed by atoms with E-state index in [2.05, 4.69) is 4.98 Å². The van der Waals surface area contributed by atoms with E-state index >= 15 is 0 Å². The maximum Gasteiger partial charge on any atom is 0.393 e. The molecule has 0 radical (unpaired) electrons. The van der Waals surface area contributed by atoms with Gasteiger partial charge in [0.15, 0.2) is 0 Å². The van der Waals surface area contributed by atoms with Crippen molar-refractivity contribution in [1.82, 2.24) is 9.88 Å². The molecule has 1 aromatic rings. The number of piperidine rings is 1. The van der Waals surface area contributed by atoms with Crippen molar-refractivity contribution in [1.29, 1.82) is 0 Å². The number of alkyl halides is 3. The van der Waals surface area contributed by atoms with E-state index < -0.39 is 18.0 Å². The molecule has 2 heterocycles. The molecule has 1 aromatic heterocycles. The molecule has 1 fully saturated rings. The summed E-state index contributed by atoms with van der Waals surface area (Å²) < 4.78 is 38.0. The summed E-state index contributed by atoms with van der Waals surface area (Å²) in [6.07, 6.45) is -2.45. The Balaban J connectivity index is 2.11. The first-order valence-electron chi connectivity index (χ1n) is 5.95. The molecule has 19 heavy (non-hydrogen) atoms. The Bertz CT molecular complexity index is 476. The Morgan fingerprint density at radius 3 is 2.84 bits per heavy atom. The number of carbonyl (C=O) groups is 1. The lowest BCUT2D eigenvalue weighted by molar-refractivity contribution is -0.184. The average molecular weight is 273 g/mol. The van der Waals surface area contributed by atoms with Gasteiger partial charge in [0.1, 0.15) is 5.82 Å². The van der Waals surface area contributed by atoms with Crippen LogP contribution in [0.1, 0.15) is 23.2 Å². The molecule has 1 atom stereocenters. The normalized spacial score (nSPS) is 20.4. The summed E-state index contributed by atoms with van der Waals surface area (Å²) in [5.41, 5.74) is 5.73. The molecule has 0 bridgehead atoms. The molecule has 1 unspecified atom stereocenters. The van der Waals surface area contributed by atoms with Crippen LogP contribution < -0.4 is 5.73 Å². The fraction of sp³-hybridized carbons (Fsp3) is 0.500. The molecule has 0 aliphatic carbocycles. The van der Waals surface area contributed by atoms with Gasteiger partial charge >= 0.3 is 6.18 Å². The quantitative estimate of drug-likeness (QED) is 0.852. The number of nitrogens with two attached hydrogens (primary N) is 1. The van der Waals surface area contributed by atoms with Crippen LogP contribution in [0.15, 0.2) is 18.3 Å². The van der Waals surface area contributed by atoms with Gasteiger partial charge in [-0.1, -0.05) is 0 Å². The highest BCUT2D eigenvalue weighted by molar-refractivity contribution is 5.94. The van der Waals surface area contributed by atoms with Crippen molar-refractivity contribution in [3.05, 3.63) is 23.9 Å². The fourth-order valence-electron chi connectivity index (χ4n) is 2.19. The second kappa shape index (κ2) is 5.07. The molecule has 1 aliphatic heterocycles. The van der Waals surface area contributed by atoms with Crippen LogP contribution in [0.3, 0.4) is 0 Å². The van der Waals surface area contributed by atoms with Gasteiger partial charge in [0.2, 0.25) is 0 Å². The second-order valence-corrected chi connectivity index (χ2v) is 4.60. The van der Waals surface area contributed by atoms with Crippen LogP contribution >= 0.6 is 0 Å². The van der Waals surface area contributed by atoms with Crippen LogP contribution in [0.4, 0.5) is 19.0 Å². The van der Waals surface area contributed by atoms with Crippen molar-refractivity contribution in [2.24, 2.45) is 5.92 Å². The van der Waals surface area contributed by atoms with E-state index in [1.165, 1.54) is 23.2 Å². The number of aromatic nitrogens is 1. The van der Waals surface area contributed by atoms with Crippen LogP contribution in [0, 0.1) is 5.92 Å². The Labute approximate surface area is 108 Å². The zero-order chi connectivity index (χ0) is 14.0. The SMILES string of the molecule is Nc1cc(C(=O)N2CCCC(C(F)(F)F)C2)ccn1. The summed E-state index contributed by atoms with van der Waals surface area (Å²) in [7, 11) is 0. The van der Waals surface area contributed by atoms with Gasteiger partial charge in [-0.05, 0) is 25.0 Å². The maximum absolute atomic E-state index is 12.7. The van der Waals surface area contributed by atoms with Gasteiger partial charge < -0.3 is 10.6 Å². The standard InChI is InChI=1S/C12H14F3N3O/c13-12(14,15)9-2-1-5-18(7-9)11(19)8-3-4-17-10(16)6-8/h3-4,6,9H,1-2,5,7H2,(H2,16,17). The molecule has 4 nitrogen and oxygen atoms in total. The molecule has 1 aliphatic rings. The number of hydrogen-bond donors (Lipinski definition) is 1. The highest BCUT2D eigenvalue weighted by Gasteiger charge is 2.42. The first-order valence-corrected chi connectivity index (χ1v) is 5.95. The number of anilines is 1. The van der Waals surface area contributed by atoms with Gasteiger partial charge in [-0.2, -0.15) is 13.2 Å². The van der Waals surface area contributed by atoms with Crippen LogP contribution in [-0.4, -0.2) is 35.1 Å². The van der Waals surface area contributed by atoms with Gasteiger partial charge in [0.05, 0.1) is 5.92 Å². The number of hydrogen-bond acceptors (Lipinski definition) is 3. The van der Waals surface area contributed by atoms with Gasteiger partial charge in [0.25, 0.3) is 5.91 Å². The molecule has 104 valence electrons. The molecule has 0 saturated carbocycles. The number of nitrogen functional groups attached to an aromatic ring is 1. The summed E-state index contributed by atoms with van der Waals surface area (Å²) >= 11 is 0. The Morgan fingerprint density at radius 2 is 2.21 bits per heavy atom. The number of rotatable bonds is 1. The minimum Gasteiger partial charge on any atom is -0.384 e. The predicted octanol–water partition coefficient (Wildman–Crippen LogP) is 2.08. The molecule has 1 amide bonds. The van der Waals surface area contributed by atoms with Crippen molar-refractivity contribution in [2.75, 3.05) is 18.8 Å². The van der Waals surface area contributed by atoms with Crippen molar-refractivity contribution in [3.8, 4) is 0 Å². The fourth-order valence-corrected chi connectivity index (χ4v) is 2.19. The summed E-state index contributed by atoms with van der Waals surface area (Å²) in [6.45, 7) is 0.0538. The summed E-state index contributed by atoms with van der Waals surface area (Å²) in [4.78, 5) is 17.1. The zero-order valence-corrected chi connectivity index (χ0v) is 10.2. The van der Waals surface area contributed by atoms with Crippen molar-refractivity contribution < 1.29 is 18.0 Å². The minimum atomic E-state index is -4.25. The number of carbonyl (C=O) groups excluding carboxylic acids is 1. The Morgan fingerprint density at radius 1 is 1.47 bits per heavy atom. The topological polar surface area (TPSA) is 59.2 Å². The largest absolute Gasteiger partial charge is 0.393 e. The molecule has 7 heteroatoms. The minimum absolute atomic E-state index is 0.0752. The summed E-state index contributed by atoms with van der Waals surface area (Å²) in [6, 6.07) is 2.83. The maximum atomic E-state index is 12.7. The number of nitrogens with zero attached hydrogens (tertiary/aromatic N) is 2. The smallest absolute Gasteiger partial charge is 0.384 e. The van der Waals surface area contributed by atoms with Gasteiger partial charge in [-0.15, -0.1) is 0 Å². The highest BCUT2D eigenvalue weighted by Crippen LogP contribution is 2.33. The van der Waals surface area contributed by atoms with Gasteiger partial charge in [0, 0.05) is 24.8 Å². The lowest BCUT2D eigenvalue weighted by Gasteiger charge is -2.33.